The van der Waals surface area contributed by atoms with Gasteiger partial charge in [-0.1, -0.05) is 6.92 Å². The van der Waals surface area contributed by atoms with Crippen LogP contribution in [0.2, 0.25) is 0 Å². The molecule has 0 radical (unpaired) electrons. The number of carbonyl (C=O) groups excluding carboxylic acids is 1. The fraction of sp³-hybridized carbons (Fsp3) is 0.263. The largest absolute Gasteiger partial charge is 0.384 e. The van der Waals surface area contributed by atoms with Crippen molar-refractivity contribution >= 4 is 22.5 Å². The lowest BCUT2D eigenvalue weighted by Gasteiger charge is -2.11. The molecule has 0 fully saturated rings. The predicted molar refractivity (Wildman–Crippen MR) is 98.6 cm³/mol. The van der Waals surface area contributed by atoms with Gasteiger partial charge in [-0.25, -0.2) is 4.98 Å². The van der Waals surface area contributed by atoms with Crippen LogP contribution in [0.1, 0.15) is 35.8 Å². The number of nitrogens with two attached hydrogens (primary N) is 1. The molecule has 3 aromatic heterocycles. The van der Waals surface area contributed by atoms with Crippen LogP contribution in [-0.2, 0) is 7.05 Å². The Hall–Kier alpha value is -3.02. The van der Waals surface area contributed by atoms with Crippen molar-refractivity contribution < 1.29 is 4.79 Å². The molecule has 0 saturated heterocycles. The fourth-order valence-electron chi connectivity index (χ4n) is 2.92. The van der Waals surface area contributed by atoms with Crippen LogP contribution in [0.4, 0.5) is 5.82 Å². The van der Waals surface area contributed by atoms with Gasteiger partial charge >= 0.3 is 0 Å². The van der Waals surface area contributed by atoms with Crippen molar-refractivity contribution in [2.24, 2.45) is 7.05 Å². The Morgan fingerprint density at radius 1 is 1.16 bits per heavy atom. The summed E-state index contributed by atoms with van der Waals surface area (Å²) in [4.78, 5) is 33.2. The third-order valence-corrected chi connectivity index (χ3v) is 4.29. The van der Waals surface area contributed by atoms with Gasteiger partial charge < -0.3 is 10.3 Å². The van der Waals surface area contributed by atoms with Crippen molar-refractivity contribution in [2.45, 2.75) is 26.7 Å². The third kappa shape index (κ3) is 3.03. The summed E-state index contributed by atoms with van der Waals surface area (Å²) in [6, 6.07) is 5.22. The van der Waals surface area contributed by atoms with Crippen LogP contribution in [0.3, 0.4) is 0 Å². The molecule has 0 aromatic carbocycles. The molecule has 6 nitrogen and oxygen atoms in total. The molecule has 0 saturated carbocycles. The van der Waals surface area contributed by atoms with E-state index in [0.717, 1.165) is 22.9 Å². The number of ketones is 1. The summed E-state index contributed by atoms with van der Waals surface area (Å²) in [5, 5.41) is 0.817. The summed E-state index contributed by atoms with van der Waals surface area (Å²) in [6.07, 6.45) is 4.50. The van der Waals surface area contributed by atoms with Crippen molar-refractivity contribution in [3.63, 3.8) is 0 Å². The fourth-order valence-corrected chi connectivity index (χ4v) is 2.92. The second-order valence-electron chi connectivity index (χ2n) is 6.15. The van der Waals surface area contributed by atoms with Crippen LogP contribution >= 0.6 is 0 Å². The molecule has 3 rings (SSSR count). The molecule has 0 bridgehead atoms. The molecule has 3 aromatic rings. The number of hydrogen-bond acceptors (Lipinski definition) is 5. The van der Waals surface area contributed by atoms with Gasteiger partial charge in [0.1, 0.15) is 11.5 Å². The molecule has 0 unspecified atom stereocenters. The van der Waals surface area contributed by atoms with E-state index in [2.05, 4.69) is 9.97 Å². The van der Waals surface area contributed by atoms with E-state index >= 15 is 0 Å². The maximum Gasteiger partial charge on any atom is 0.258 e. The van der Waals surface area contributed by atoms with E-state index in [4.69, 9.17) is 5.73 Å². The molecule has 0 atom stereocenters. The molecule has 3 heterocycles. The second kappa shape index (κ2) is 6.47. The highest BCUT2D eigenvalue weighted by molar-refractivity contribution is 5.95. The van der Waals surface area contributed by atoms with Crippen LogP contribution in [0, 0.1) is 6.92 Å². The first-order chi connectivity index (χ1) is 11.9. The number of nitrogens with zero attached hydrogens (tertiary/aromatic N) is 3. The maximum absolute atomic E-state index is 12.8. The first-order valence-corrected chi connectivity index (χ1v) is 8.18. The highest BCUT2D eigenvalue weighted by Crippen LogP contribution is 2.24. The molecular formula is C19H20N4O2. The van der Waals surface area contributed by atoms with Gasteiger partial charge in [0.05, 0.1) is 5.52 Å². The molecule has 2 N–H and O–H groups in total. The summed E-state index contributed by atoms with van der Waals surface area (Å²) >= 11 is 0. The smallest absolute Gasteiger partial charge is 0.258 e. The number of nitrogen functional groups attached to an aromatic ring is 1. The monoisotopic (exact) mass is 336 g/mol. The minimum absolute atomic E-state index is 0.0169. The summed E-state index contributed by atoms with van der Waals surface area (Å²) in [6.45, 7) is 3.84. The van der Waals surface area contributed by atoms with Crippen LogP contribution in [0.25, 0.3) is 22.0 Å². The molecular weight excluding hydrogens is 316 g/mol. The number of pyridine rings is 3. The third-order valence-electron chi connectivity index (χ3n) is 4.29. The maximum atomic E-state index is 12.8. The highest BCUT2D eigenvalue weighted by Gasteiger charge is 2.14. The van der Waals surface area contributed by atoms with Crippen LogP contribution in [-0.4, -0.2) is 20.3 Å². The first kappa shape index (κ1) is 16.8. The van der Waals surface area contributed by atoms with Gasteiger partial charge in [-0.2, -0.15) is 0 Å². The van der Waals surface area contributed by atoms with Gasteiger partial charge in [0.2, 0.25) is 0 Å². The topological polar surface area (TPSA) is 90.9 Å². The zero-order chi connectivity index (χ0) is 18.1. The van der Waals surface area contributed by atoms with Gasteiger partial charge in [-0.3, -0.25) is 14.6 Å². The standard InChI is InChI=1S/C19H20N4O2/c1-4-5-17(24)15-6-11(2)14(10-21-15)13-7-12-9-22-18(20)8-16(12)23(3)19(13)25/h6-10H,4-5H2,1-3H3,(H2,20,22). The molecule has 0 aliphatic heterocycles. The number of fused-ring (bicyclic) bond motifs is 1. The number of carbonyl (C=O) groups is 1. The Balaban J connectivity index is 2.17. The number of rotatable bonds is 4. The Morgan fingerprint density at radius 3 is 2.60 bits per heavy atom. The van der Waals surface area contributed by atoms with Crippen molar-refractivity contribution in [3.8, 4) is 11.1 Å². The summed E-state index contributed by atoms with van der Waals surface area (Å²) in [7, 11) is 1.70. The zero-order valence-corrected chi connectivity index (χ0v) is 14.5. The number of aryl methyl sites for hydroxylation is 2. The molecule has 0 aliphatic carbocycles. The van der Waals surface area contributed by atoms with E-state index in [1.807, 2.05) is 13.8 Å². The minimum atomic E-state index is -0.143. The average molecular weight is 336 g/mol. The summed E-state index contributed by atoms with van der Waals surface area (Å²) in [5.74, 6) is 0.384. The van der Waals surface area contributed by atoms with Gasteiger partial charge in [0.25, 0.3) is 5.56 Å². The zero-order valence-electron chi connectivity index (χ0n) is 14.5. The molecule has 6 heteroatoms. The highest BCUT2D eigenvalue weighted by atomic mass is 16.1. The van der Waals surface area contributed by atoms with Gasteiger partial charge in [-0.05, 0) is 31.0 Å². The van der Waals surface area contributed by atoms with Crippen molar-refractivity contribution in [2.75, 3.05) is 5.73 Å². The second-order valence-corrected chi connectivity index (χ2v) is 6.15. The summed E-state index contributed by atoms with van der Waals surface area (Å²) in [5.41, 5.74) is 8.82. The number of anilines is 1. The Kier molecular flexibility index (Phi) is 4.35. The predicted octanol–water partition coefficient (Wildman–Crippen LogP) is 2.87. The number of aromatic nitrogens is 3. The number of hydrogen-bond donors (Lipinski definition) is 1. The lowest BCUT2D eigenvalue weighted by Crippen LogP contribution is -2.19. The van der Waals surface area contributed by atoms with E-state index in [-0.39, 0.29) is 11.3 Å². The van der Waals surface area contributed by atoms with Crippen LogP contribution in [0.15, 0.2) is 35.4 Å². The van der Waals surface area contributed by atoms with E-state index in [9.17, 15) is 9.59 Å². The lowest BCUT2D eigenvalue weighted by atomic mass is 10.0. The summed E-state index contributed by atoms with van der Waals surface area (Å²) < 4.78 is 1.55. The normalized spacial score (nSPS) is 11.0. The molecule has 0 amide bonds. The minimum Gasteiger partial charge on any atom is -0.384 e. The Bertz CT molecular complexity index is 1040. The SMILES string of the molecule is CCCC(=O)c1cc(C)c(-c2cc3cnc(N)cc3n(C)c2=O)cn1. The van der Waals surface area contributed by atoms with Crippen LogP contribution in [0.5, 0.6) is 0 Å². The molecule has 128 valence electrons. The van der Waals surface area contributed by atoms with E-state index in [1.165, 1.54) is 0 Å². The van der Waals surface area contributed by atoms with Gasteiger partial charge in [0, 0.05) is 48.4 Å². The lowest BCUT2D eigenvalue weighted by molar-refractivity contribution is 0.0977. The molecule has 0 spiro atoms. The van der Waals surface area contributed by atoms with E-state index < -0.39 is 0 Å². The van der Waals surface area contributed by atoms with Gasteiger partial charge in [0.15, 0.2) is 5.78 Å². The molecule has 0 aliphatic rings. The number of Topliss-reactive ketones (excluding diaryl/α,β-unsaturated/α-hetero) is 1. The van der Waals surface area contributed by atoms with Crippen molar-refractivity contribution in [1.82, 2.24) is 14.5 Å². The Morgan fingerprint density at radius 2 is 1.92 bits per heavy atom. The quantitative estimate of drug-likeness (QED) is 0.740. The van der Waals surface area contributed by atoms with Gasteiger partial charge in [-0.15, -0.1) is 0 Å². The molecule has 25 heavy (non-hydrogen) atoms. The van der Waals surface area contributed by atoms with Crippen molar-refractivity contribution in [1.29, 1.82) is 0 Å². The average Bonchev–Trinajstić information content (AvgIpc) is 2.59. The first-order valence-electron chi connectivity index (χ1n) is 8.18. The van der Waals surface area contributed by atoms with Crippen LogP contribution < -0.4 is 11.3 Å². The Labute approximate surface area is 145 Å². The van der Waals surface area contributed by atoms with Crippen molar-refractivity contribution in [3.05, 3.63) is 52.2 Å². The van der Waals surface area contributed by atoms with E-state index in [0.29, 0.717) is 29.1 Å². The van der Waals surface area contributed by atoms with E-state index in [1.54, 1.807) is 42.2 Å².